The van der Waals surface area contributed by atoms with Gasteiger partial charge in [-0.05, 0) is 42.0 Å². The van der Waals surface area contributed by atoms with Gasteiger partial charge in [0.2, 0.25) is 0 Å². The molecular formula is C26H17Cl2N3O3. The quantitative estimate of drug-likeness (QED) is 0.296. The summed E-state index contributed by atoms with van der Waals surface area (Å²) < 4.78 is 1.99. The van der Waals surface area contributed by atoms with E-state index in [1.54, 1.807) is 42.5 Å². The van der Waals surface area contributed by atoms with Gasteiger partial charge in [-0.2, -0.15) is 0 Å². The van der Waals surface area contributed by atoms with Crippen molar-refractivity contribution >= 4 is 63.7 Å². The summed E-state index contributed by atoms with van der Waals surface area (Å²) in [5.41, 5.74) is 2.69. The monoisotopic (exact) mass is 489 g/mol. The SMILES string of the molecule is O=C1NC(=O)N(c2ccccc2)C(=O)/C1=C/c1cn(Cc2ccc(Cl)cc2Cl)c2ccccc12. The van der Waals surface area contributed by atoms with Crippen molar-refractivity contribution < 1.29 is 14.4 Å². The first kappa shape index (κ1) is 21.9. The molecule has 1 aliphatic rings. The fourth-order valence-corrected chi connectivity index (χ4v) is 4.45. The lowest BCUT2D eigenvalue weighted by atomic mass is 10.1. The Balaban J connectivity index is 1.57. The van der Waals surface area contributed by atoms with E-state index in [0.29, 0.717) is 27.8 Å². The number of aromatic nitrogens is 1. The Bertz CT molecular complexity index is 1490. The lowest BCUT2D eigenvalue weighted by molar-refractivity contribution is -0.122. The van der Waals surface area contributed by atoms with Gasteiger partial charge in [-0.15, -0.1) is 0 Å². The number of carbonyl (C=O) groups is 3. The van der Waals surface area contributed by atoms with Gasteiger partial charge in [0.1, 0.15) is 5.57 Å². The fraction of sp³-hybridized carbons (Fsp3) is 0.0385. The van der Waals surface area contributed by atoms with Crippen molar-refractivity contribution in [2.24, 2.45) is 0 Å². The molecule has 1 saturated heterocycles. The molecule has 1 N–H and O–H groups in total. The topological polar surface area (TPSA) is 71.4 Å². The minimum atomic E-state index is -0.779. The van der Waals surface area contributed by atoms with E-state index in [0.717, 1.165) is 21.4 Å². The number of hydrogen-bond donors (Lipinski definition) is 1. The van der Waals surface area contributed by atoms with Crippen molar-refractivity contribution in [3.63, 3.8) is 0 Å². The van der Waals surface area contributed by atoms with Crippen LogP contribution in [0.2, 0.25) is 10.0 Å². The molecule has 0 radical (unpaired) electrons. The molecule has 0 spiro atoms. The van der Waals surface area contributed by atoms with E-state index >= 15 is 0 Å². The number of carbonyl (C=O) groups excluding carboxylic acids is 3. The maximum atomic E-state index is 13.2. The molecule has 0 unspecified atom stereocenters. The van der Waals surface area contributed by atoms with Crippen LogP contribution in [-0.4, -0.2) is 22.4 Å². The third-order valence-electron chi connectivity index (χ3n) is 5.59. The zero-order valence-electron chi connectivity index (χ0n) is 17.7. The molecule has 8 heteroatoms. The number of barbiturate groups is 1. The number of hydrogen-bond acceptors (Lipinski definition) is 3. The van der Waals surface area contributed by atoms with Crippen LogP contribution < -0.4 is 10.2 Å². The minimum absolute atomic E-state index is 0.129. The standard InChI is InChI=1S/C26H17Cl2N3O3/c27-18-11-10-16(22(28)13-18)14-30-15-17(20-8-4-5-9-23(20)30)12-21-24(32)29-26(34)31(25(21)33)19-6-2-1-3-7-19/h1-13,15H,14H2,(H,29,32,34)/b21-12+. The highest BCUT2D eigenvalue weighted by molar-refractivity contribution is 6.39. The molecule has 0 atom stereocenters. The van der Waals surface area contributed by atoms with Crippen LogP contribution in [0.25, 0.3) is 17.0 Å². The molecule has 4 aromatic rings. The first-order valence-electron chi connectivity index (χ1n) is 10.4. The Labute approximate surface area is 205 Å². The summed E-state index contributed by atoms with van der Waals surface area (Å²) in [7, 11) is 0. The molecule has 1 fully saturated rings. The lowest BCUT2D eigenvalue weighted by Crippen LogP contribution is -2.54. The van der Waals surface area contributed by atoms with Crippen molar-refractivity contribution in [1.82, 2.24) is 9.88 Å². The number of urea groups is 1. The Hall–Kier alpha value is -3.87. The van der Waals surface area contributed by atoms with E-state index in [9.17, 15) is 14.4 Å². The first-order chi connectivity index (χ1) is 16.4. The van der Waals surface area contributed by atoms with Gasteiger partial charge >= 0.3 is 6.03 Å². The van der Waals surface area contributed by atoms with Crippen LogP contribution in [-0.2, 0) is 16.1 Å². The predicted octanol–water partition coefficient (Wildman–Crippen LogP) is 5.66. The van der Waals surface area contributed by atoms with Gasteiger partial charge in [0.15, 0.2) is 0 Å². The molecule has 1 aliphatic heterocycles. The minimum Gasteiger partial charge on any atom is -0.342 e. The second-order valence-corrected chi connectivity index (χ2v) is 8.60. The van der Waals surface area contributed by atoms with Crippen LogP contribution in [0.15, 0.2) is 84.6 Å². The number of nitrogens with zero attached hydrogens (tertiary/aromatic N) is 2. The van der Waals surface area contributed by atoms with Gasteiger partial charge in [0.25, 0.3) is 11.8 Å². The second-order valence-electron chi connectivity index (χ2n) is 7.76. The van der Waals surface area contributed by atoms with Crippen LogP contribution in [0.3, 0.4) is 0 Å². The predicted molar refractivity (Wildman–Crippen MR) is 133 cm³/mol. The Morgan fingerprint density at radius 3 is 2.38 bits per heavy atom. The van der Waals surface area contributed by atoms with E-state index in [-0.39, 0.29) is 5.57 Å². The van der Waals surface area contributed by atoms with E-state index < -0.39 is 17.8 Å². The number of nitrogens with one attached hydrogen (secondary N) is 1. The molecule has 0 aliphatic carbocycles. The third-order valence-corrected chi connectivity index (χ3v) is 6.18. The first-order valence-corrected chi connectivity index (χ1v) is 11.2. The van der Waals surface area contributed by atoms with Crippen LogP contribution in [0.4, 0.5) is 10.5 Å². The van der Waals surface area contributed by atoms with Crippen molar-refractivity contribution in [1.29, 1.82) is 0 Å². The number of halogens is 2. The Kier molecular flexibility index (Phi) is 5.69. The summed E-state index contributed by atoms with van der Waals surface area (Å²) in [5, 5.41) is 4.21. The summed E-state index contributed by atoms with van der Waals surface area (Å²) >= 11 is 12.4. The second kappa shape index (κ2) is 8.82. The maximum Gasteiger partial charge on any atom is 0.335 e. The molecular weight excluding hydrogens is 473 g/mol. The van der Waals surface area contributed by atoms with Crippen molar-refractivity contribution in [3.8, 4) is 0 Å². The largest absolute Gasteiger partial charge is 0.342 e. The number of benzene rings is 3. The number of rotatable bonds is 4. The number of para-hydroxylation sites is 2. The molecule has 5 rings (SSSR count). The smallest absolute Gasteiger partial charge is 0.335 e. The highest BCUT2D eigenvalue weighted by Crippen LogP contribution is 2.29. The van der Waals surface area contributed by atoms with Crippen LogP contribution >= 0.6 is 23.2 Å². The van der Waals surface area contributed by atoms with Gasteiger partial charge in [0, 0.05) is 39.3 Å². The van der Waals surface area contributed by atoms with Gasteiger partial charge in [0.05, 0.1) is 5.69 Å². The third kappa shape index (κ3) is 3.98. The number of imide groups is 2. The normalized spacial score (nSPS) is 15.3. The average molecular weight is 490 g/mol. The van der Waals surface area contributed by atoms with E-state index in [4.69, 9.17) is 23.2 Å². The highest BCUT2D eigenvalue weighted by atomic mass is 35.5. The molecule has 6 nitrogen and oxygen atoms in total. The molecule has 3 aromatic carbocycles. The number of fused-ring (bicyclic) bond motifs is 1. The Morgan fingerprint density at radius 2 is 1.62 bits per heavy atom. The van der Waals surface area contributed by atoms with Gasteiger partial charge in [-0.3, -0.25) is 14.9 Å². The Morgan fingerprint density at radius 1 is 0.882 bits per heavy atom. The van der Waals surface area contributed by atoms with Crippen LogP contribution in [0, 0.1) is 0 Å². The van der Waals surface area contributed by atoms with Gasteiger partial charge in [-0.25, -0.2) is 9.69 Å². The number of anilines is 1. The van der Waals surface area contributed by atoms with Crippen LogP contribution in [0.5, 0.6) is 0 Å². The lowest BCUT2D eigenvalue weighted by Gasteiger charge is -2.26. The van der Waals surface area contributed by atoms with Crippen molar-refractivity contribution in [3.05, 3.63) is 106 Å². The molecule has 34 heavy (non-hydrogen) atoms. The summed E-state index contributed by atoms with van der Waals surface area (Å²) in [5.74, 6) is -1.42. The fourth-order valence-electron chi connectivity index (χ4n) is 3.98. The molecule has 168 valence electrons. The molecule has 4 amide bonds. The van der Waals surface area contributed by atoms with Gasteiger partial charge in [-0.1, -0.05) is 65.7 Å². The van der Waals surface area contributed by atoms with Gasteiger partial charge < -0.3 is 4.57 Å². The highest BCUT2D eigenvalue weighted by Gasteiger charge is 2.36. The molecule has 0 saturated carbocycles. The molecule has 2 heterocycles. The average Bonchev–Trinajstić information content (AvgIpc) is 3.16. The van der Waals surface area contributed by atoms with E-state index in [1.807, 2.05) is 41.1 Å². The summed E-state index contributed by atoms with van der Waals surface area (Å²) in [6.07, 6.45) is 3.37. The zero-order valence-corrected chi connectivity index (χ0v) is 19.2. The molecule has 0 bridgehead atoms. The van der Waals surface area contributed by atoms with E-state index in [1.165, 1.54) is 6.08 Å². The molecule has 1 aromatic heterocycles. The summed E-state index contributed by atoms with van der Waals surface area (Å²) in [4.78, 5) is 39.2. The maximum absolute atomic E-state index is 13.2. The summed E-state index contributed by atoms with van der Waals surface area (Å²) in [6, 6.07) is 20.7. The van der Waals surface area contributed by atoms with Crippen molar-refractivity contribution in [2.75, 3.05) is 4.90 Å². The number of amides is 4. The zero-order chi connectivity index (χ0) is 23.8. The van der Waals surface area contributed by atoms with Crippen molar-refractivity contribution in [2.45, 2.75) is 6.54 Å². The van der Waals surface area contributed by atoms with Crippen LogP contribution in [0.1, 0.15) is 11.1 Å². The van der Waals surface area contributed by atoms with E-state index in [2.05, 4.69) is 5.32 Å². The summed E-state index contributed by atoms with van der Waals surface area (Å²) in [6.45, 7) is 0.467.